The Hall–Kier alpha value is -4.79. The van der Waals surface area contributed by atoms with Crippen molar-refractivity contribution in [3.8, 4) is 17.2 Å². The third-order valence-electron chi connectivity index (χ3n) is 6.15. The van der Waals surface area contributed by atoms with E-state index >= 15 is 0 Å². The second kappa shape index (κ2) is 11.1. The van der Waals surface area contributed by atoms with Gasteiger partial charge in [0.1, 0.15) is 11.5 Å². The molecule has 1 heterocycles. The highest BCUT2D eigenvalue weighted by Gasteiger charge is 2.47. The van der Waals surface area contributed by atoms with Crippen LogP contribution in [0.15, 0.2) is 72.3 Å². The van der Waals surface area contributed by atoms with Crippen molar-refractivity contribution < 1.29 is 38.4 Å². The number of hydrogen-bond acceptors (Lipinski definition) is 8. The van der Waals surface area contributed by atoms with Crippen LogP contribution < -0.4 is 19.1 Å². The highest BCUT2D eigenvalue weighted by molar-refractivity contribution is 6.51. The van der Waals surface area contributed by atoms with Gasteiger partial charge >= 0.3 is 5.97 Å². The van der Waals surface area contributed by atoms with Crippen molar-refractivity contribution in [2.24, 2.45) is 0 Å². The number of hydrogen-bond donors (Lipinski definition) is 1. The van der Waals surface area contributed by atoms with E-state index in [9.17, 15) is 19.5 Å². The van der Waals surface area contributed by atoms with Crippen LogP contribution in [0.5, 0.6) is 17.2 Å². The monoisotopic (exact) mass is 517 g/mol. The number of esters is 1. The Morgan fingerprint density at radius 3 is 2.29 bits per heavy atom. The van der Waals surface area contributed by atoms with Crippen LogP contribution in [0.2, 0.25) is 0 Å². The zero-order chi connectivity index (χ0) is 27.4. The van der Waals surface area contributed by atoms with Crippen LogP contribution in [0.4, 0.5) is 5.69 Å². The lowest BCUT2D eigenvalue weighted by molar-refractivity contribution is -0.132. The van der Waals surface area contributed by atoms with Gasteiger partial charge in [0.15, 0.2) is 11.5 Å². The standard InChI is InChI=1S/C29H27NO8/c1-5-38-29(34)19-9-6-10-20(14-19)30-25(17-8-7-11-21(15-17)35-2)24(27(32)28(30)33)26(31)18-12-13-22(36-3)23(16-18)37-4/h6-16,25,31H,5H2,1-4H3/b26-24+. The molecule has 1 N–H and O–H groups in total. The van der Waals surface area contributed by atoms with Crippen molar-refractivity contribution in [1.29, 1.82) is 0 Å². The fraction of sp³-hybridized carbons (Fsp3) is 0.207. The molecule has 3 aromatic rings. The lowest BCUT2D eigenvalue weighted by atomic mass is 9.94. The third kappa shape index (κ3) is 4.78. The fourth-order valence-electron chi connectivity index (χ4n) is 4.36. The largest absolute Gasteiger partial charge is 0.507 e. The molecule has 196 valence electrons. The summed E-state index contributed by atoms with van der Waals surface area (Å²) in [6.07, 6.45) is 0. The van der Waals surface area contributed by atoms with Gasteiger partial charge < -0.3 is 24.1 Å². The number of carbonyl (C=O) groups excluding carboxylic acids is 3. The van der Waals surface area contributed by atoms with E-state index in [1.54, 1.807) is 61.5 Å². The van der Waals surface area contributed by atoms with Crippen molar-refractivity contribution in [1.82, 2.24) is 0 Å². The van der Waals surface area contributed by atoms with Crippen LogP contribution >= 0.6 is 0 Å². The summed E-state index contributed by atoms with van der Waals surface area (Å²) in [5, 5.41) is 11.4. The second-order valence-corrected chi connectivity index (χ2v) is 8.29. The average molecular weight is 518 g/mol. The number of ketones is 1. The maximum absolute atomic E-state index is 13.5. The molecule has 1 amide bonds. The molecule has 0 bridgehead atoms. The first-order valence-electron chi connectivity index (χ1n) is 11.8. The van der Waals surface area contributed by atoms with Crippen molar-refractivity contribution in [3.05, 3.63) is 89.0 Å². The van der Waals surface area contributed by atoms with Gasteiger partial charge in [0.2, 0.25) is 0 Å². The van der Waals surface area contributed by atoms with Crippen molar-refractivity contribution in [3.63, 3.8) is 0 Å². The predicted molar refractivity (Wildman–Crippen MR) is 140 cm³/mol. The Kier molecular flexibility index (Phi) is 7.66. The van der Waals surface area contributed by atoms with Crippen LogP contribution in [-0.2, 0) is 14.3 Å². The highest BCUT2D eigenvalue weighted by atomic mass is 16.5. The van der Waals surface area contributed by atoms with Gasteiger partial charge in [-0.2, -0.15) is 0 Å². The van der Waals surface area contributed by atoms with E-state index in [1.807, 2.05) is 0 Å². The summed E-state index contributed by atoms with van der Waals surface area (Å²) in [5.41, 5.74) is 1.16. The van der Waals surface area contributed by atoms with Crippen LogP contribution in [-0.4, -0.2) is 50.7 Å². The SMILES string of the molecule is CCOC(=O)c1cccc(N2C(=O)C(=O)/C(=C(/O)c3ccc(OC)c(OC)c3)C2c2cccc(OC)c2)c1. The first-order valence-corrected chi connectivity index (χ1v) is 11.8. The number of Topliss-reactive ketones (excluding diaryl/α,β-unsaturated/α-hetero) is 1. The first-order chi connectivity index (χ1) is 18.3. The average Bonchev–Trinajstić information content (AvgIpc) is 3.22. The zero-order valence-electron chi connectivity index (χ0n) is 21.4. The summed E-state index contributed by atoms with van der Waals surface area (Å²) < 4.78 is 21.1. The molecular weight excluding hydrogens is 490 g/mol. The van der Waals surface area contributed by atoms with Crippen LogP contribution in [0, 0.1) is 0 Å². The number of nitrogens with zero attached hydrogens (tertiary/aromatic N) is 1. The molecular formula is C29H27NO8. The third-order valence-corrected chi connectivity index (χ3v) is 6.15. The second-order valence-electron chi connectivity index (χ2n) is 8.29. The zero-order valence-corrected chi connectivity index (χ0v) is 21.4. The lowest BCUT2D eigenvalue weighted by Crippen LogP contribution is -2.29. The molecule has 9 nitrogen and oxygen atoms in total. The number of anilines is 1. The Morgan fingerprint density at radius 2 is 1.61 bits per heavy atom. The van der Waals surface area contributed by atoms with E-state index < -0.39 is 23.7 Å². The lowest BCUT2D eigenvalue weighted by Gasteiger charge is -2.26. The van der Waals surface area contributed by atoms with E-state index in [0.717, 1.165) is 0 Å². The number of aliphatic hydroxyl groups is 1. The fourth-order valence-corrected chi connectivity index (χ4v) is 4.36. The molecule has 38 heavy (non-hydrogen) atoms. The Labute approximate surface area is 219 Å². The minimum atomic E-state index is -1.02. The molecule has 0 aliphatic carbocycles. The summed E-state index contributed by atoms with van der Waals surface area (Å²) >= 11 is 0. The number of aliphatic hydroxyl groups excluding tert-OH is 1. The molecule has 9 heteroatoms. The quantitative estimate of drug-likeness (QED) is 0.201. The van der Waals surface area contributed by atoms with E-state index in [0.29, 0.717) is 22.8 Å². The van der Waals surface area contributed by atoms with Crippen LogP contribution in [0.3, 0.4) is 0 Å². The van der Waals surface area contributed by atoms with E-state index in [2.05, 4.69) is 0 Å². The maximum atomic E-state index is 13.5. The molecule has 0 spiro atoms. The Morgan fingerprint density at radius 1 is 0.868 bits per heavy atom. The Balaban J connectivity index is 1.93. The molecule has 1 aliphatic rings. The minimum absolute atomic E-state index is 0.128. The maximum Gasteiger partial charge on any atom is 0.338 e. The summed E-state index contributed by atoms with van der Waals surface area (Å²) in [7, 11) is 4.44. The highest BCUT2D eigenvalue weighted by Crippen LogP contribution is 2.43. The van der Waals surface area contributed by atoms with Gasteiger partial charge in [-0.3, -0.25) is 14.5 Å². The van der Waals surface area contributed by atoms with Gasteiger partial charge in [-0.1, -0.05) is 18.2 Å². The number of ether oxygens (including phenoxy) is 4. The molecule has 0 aromatic heterocycles. The van der Waals surface area contributed by atoms with E-state index in [4.69, 9.17) is 18.9 Å². The minimum Gasteiger partial charge on any atom is -0.507 e. The summed E-state index contributed by atoms with van der Waals surface area (Å²) in [6, 6.07) is 16.8. The number of rotatable bonds is 8. The van der Waals surface area contributed by atoms with E-state index in [-0.39, 0.29) is 34.8 Å². The van der Waals surface area contributed by atoms with Gasteiger partial charge in [0, 0.05) is 11.3 Å². The summed E-state index contributed by atoms with van der Waals surface area (Å²) in [6.45, 7) is 1.87. The smallest absolute Gasteiger partial charge is 0.338 e. The van der Waals surface area contributed by atoms with Crippen molar-refractivity contribution in [2.45, 2.75) is 13.0 Å². The van der Waals surface area contributed by atoms with Gasteiger partial charge in [-0.05, 0) is 61.0 Å². The van der Waals surface area contributed by atoms with Crippen molar-refractivity contribution in [2.75, 3.05) is 32.8 Å². The first kappa shape index (κ1) is 26.3. The van der Waals surface area contributed by atoms with Gasteiger partial charge in [0.25, 0.3) is 11.7 Å². The number of amides is 1. The van der Waals surface area contributed by atoms with Gasteiger partial charge in [-0.25, -0.2) is 4.79 Å². The molecule has 1 unspecified atom stereocenters. The molecule has 3 aromatic carbocycles. The predicted octanol–water partition coefficient (Wildman–Crippen LogP) is 4.52. The summed E-state index contributed by atoms with van der Waals surface area (Å²) in [4.78, 5) is 40.6. The van der Waals surface area contributed by atoms with E-state index in [1.165, 1.54) is 38.4 Å². The Bertz CT molecular complexity index is 1430. The number of methoxy groups -OCH3 is 3. The molecule has 4 rings (SSSR count). The van der Waals surface area contributed by atoms with Crippen LogP contribution in [0.25, 0.3) is 5.76 Å². The molecule has 1 fully saturated rings. The molecule has 1 saturated heterocycles. The number of benzene rings is 3. The molecule has 1 atom stereocenters. The molecule has 1 aliphatic heterocycles. The topological polar surface area (TPSA) is 112 Å². The molecule has 0 saturated carbocycles. The van der Waals surface area contributed by atoms with Gasteiger partial charge in [-0.15, -0.1) is 0 Å². The normalized spacial score (nSPS) is 16.3. The number of carbonyl (C=O) groups is 3. The van der Waals surface area contributed by atoms with Crippen molar-refractivity contribution >= 4 is 29.1 Å². The van der Waals surface area contributed by atoms with Gasteiger partial charge in [0.05, 0.1) is 45.1 Å². The van der Waals surface area contributed by atoms with Crippen LogP contribution in [0.1, 0.15) is 34.5 Å². The molecule has 0 radical (unpaired) electrons. The summed E-state index contributed by atoms with van der Waals surface area (Å²) in [5.74, 6) is -1.42.